The van der Waals surface area contributed by atoms with Gasteiger partial charge < -0.3 is 10.6 Å². The zero-order valence-electron chi connectivity index (χ0n) is 13.2. The fraction of sp³-hybridized carbons (Fsp3) is 0.294. The highest BCUT2D eigenvalue weighted by Crippen LogP contribution is 2.05. The lowest BCUT2D eigenvalue weighted by Gasteiger charge is -2.21. The Hall–Kier alpha value is -2.76. The van der Waals surface area contributed by atoms with Gasteiger partial charge >= 0.3 is 0 Å². The van der Waals surface area contributed by atoms with E-state index in [9.17, 15) is 9.59 Å². The molecular formula is C17H20N4O2. The van der Waals surface area contributed by atoms with Crippen molar-refractivity contribution in [2.75, 3.05) is 0 Å². The first kappa shape index (κ1) is 16.6. The Bertz CT molecular complexity index is 644. The van der Waals surface area contributed by atoms with Crippen molar-refractivity contribution < 1.29 is 9.59 Å². The number of aromatic nitrogens is 2. The maximum atomic E-state index is 12.4. The first-order valence-electron chi connectivity index (χ1n) is 7.45. The van der Waals surface area contributed by atoms with Gasteiger partial charge in [-0.15, -0.1) is 0 Å². The van der Waals surface area contributed by atoms with Crippen LogP contribution in [0.5, 0.6) is 0 Å². The number of carbonyl (C=O) groups excluding carboxylic acids is 2. The molecule has 2 rings (SSSR count). The maximum Gasteiger partial charge on any atom is 0.252 e. The first-order chi connectivity index (χ1) is 11.1. The van der Waals surface area contributed by atoms with E-state index in [1.807, 2.05) is 26.0 Å². The molecule has 2 aromatic rings. The van der Waals surface area contributed by atoms with E-state index in [0.29, 0.717) is 12.1 Å². The van der Waals surface area contributed by atoms with E-state index in [-0.39, 0.29) is 17.7 Å². The molecule has 1 atom stereocenters. The van der Waals surface area contributed by atoms with Crippen molar-refractivity contribution in [2.45, 2.75) is 26.4 Å². The number of rotatable bonds is 6. The average Bonchev–Trinajstić information content (AvgIpc) is 2.58. The molecule has 23 heavy (non-hydrogen) atoms. The van der Waals surface area contributed by atoms with Crippen molar-refractivity contribution >= 4 is 11.8 Å². The van der Waals surface area contributed by atoms with E-state index < -0.39 is 6.04 Å². The summed E-state index contributed by atoms with van der Waals surface area (Å²) >= 11 is 0. The molecule has 2 amide bonds. The third-order valence-electron chi connectivity index (χ3n) is 3.37. The van der Waals surface area contributed by atoms with Gasteiger partial charge in [-0.25, -0.2) is 0 Å². The summed E-state index contributed by atoms with van der Waals surface area (Å²) in [4.78, 5) is 32.5. The predicted octanol–water partition coefficient (Wildman–Crippen LogP) is 1.55. The normalized spacial score (nSPS) is 11.8. The second-order valence-electron chi connectivity index (χ2n) is 5.51. The van der Waals surface area contributed by atoms with Crippen molar-refractivity contribution in [1.29, 1.82) is 0 Å². The van der Waals surface area contributed by atoms with E-state index in [2.05, 4.69) is 20.6 Å². The number of amides is 2. The first-order valence-corrected chi connectivity index (χ1v) is 7.45. The van der Waals surface area contributed by atoms with Gasteiger partial charge in [-0.1, -0.05) is 19.9 Å². The zero-order chi connectivity index (χ0) is 16.7. The number of carbonyl (C=O) groups is 2. The Labute approximate surface area is 135 Å². The molecule has 2 aromatic heterocycles. The van der Waals surface area contributed by atoms with E-state index in [1.54, 1.807) is 36.9 Å². The van der Waals surface area contributed by atoms with Gasteiger partial charge in [0.1, 0.15) is 6.04 Å². The van der Waals surface area contributed by atoms with Gasteiger partial charge in [-0.3, -0.25) is 19.6 Å². The fourth-order valence-corrected chi connectivity index (χ4v) is 2.06. The Kier molecular flexibility index (Phi) is 5.80. The summed E-state index contributed by atoms with van der Waals surface area (Å²) in [6, 6.07) is 6.31. The summed E-state index contributed by atoms with van der Waals surface area (Å²) in [5.74, 6) is -0.538. The Morgan fingerprint density at radius 1 is 1.09 bits per heavy atom. The van der Waals surface area contributed by atoms with Crippen LogP contribution in [0.15, 0.2) is 49.1 Å². The molecule has 2 heterocycles. The highest BCUT2D eigenvalue weighted by molar-refractivity contribution is 5.97. The van der Waals surface area contributed by atoms with Gasteiger partial charge in [0.25, 0.3) is 5.91 Å². The molecule has 120 valence electrons. The minimum Gasteiger partial charge on any atom is -0.350 e. The largest absolute Gasteiger partial charge is 0.350 e. The summed E-state index contributed by atoms with van der Waals surface area (Å²) in [5, 5.41) is 5.61. The molecule has 6 heteroatoms. The van der Waals surface area contributed by atoms with Crippen LogP contribution < -0.4 is 10.6 Å². The summed E-state index contributed by atoms with van der Waals surface area (Å²) < 4.78 is 0. The lowest BCUT2D eigenvalue weighted by atomic mass is 10.0. The minimum absolute atomic E-state index is 0.0327. The van der Waals surface area contributed by atoms with Crippen LogP contribution >= 0.6 is 0 Å². The Morgan fingerprint density at radius 3 is 2.43 bits per heavy atom. The summed E-state index contributed by atoms with van der Waals surface area (Å²) in [6.07, 6.45) is 6.46. The van der Waals surface area contributed by atoms with Crippen molar-refractivity contribution in [1.82, 2.24) is 20.6 Å². The van der Waals surface area contributed by atoms with Crippen LogP contribution in [0.4, 0.5) is 0 Å². The Balaban J connectivity index is 1.97. The second-order valence-corrected chi connectivity index (χ2v) is 5.51. The van der Waals surface area contributed by atoms with Crippen molar-refractivity contribution in [3.8, 4) is 0 Å². The van der Waals surface area contributed by atoms with Gasteiger partial charge in [0, 0.05) is 36.9 Å². The number of nitrogens with one attached hydrogen (secondary N) is 2. The molecule has 0 radical (unpaired) electrons. The molecule has 0 fully saturated rings. The highest BCUT2D eigenvalue weighted by Gasteiger charge is 2.24. The predicted molar refractivity (Wildman–Crippen MR) is 86.4 cm³/mol. The number of pyridine rings is 2. The molecule has 0 aromatic carbocycles. The van der Waals surface area contributed by atoms with Crippen molar-refractivity contribution in [2.24, 2.45) is 5.92 Å². The SMILES string of the molecule is CC(C)[C@@H](NC(=O)c1ccncc1)C(=O)NCc1cccnc1. The molecule has 2 N–H and O–H groups in total. The lowest BCUT2D eigenvalue weighted by molar-refractivity contribution is -0.124. The van der Waals surface area contributed by atoms with Crippen LogP contribution in [0.1, 0.15) is 29.8 Å². The molecule has 0 spiro atoms. The van der Waals surface area contributed by atoms with Gasteiger partial charge in [-0.2, -0.15) is 0 Å². The summed E-state index contributed by atoms with van der Waals surface area (Å²) in [7, 11) is 0. The average molecular weight is 312 g/mol. The molecule has 0 aliphatic rings. The number of hydrogen-bond donors (Lipinski definition) is 2. The smallest absolute Gasteiger partial charge is 0.252 e. The molecular weight excluding hydrogens is 292 g/mol. The van der Waals surface area contributed by atoms with Crippen LogP contribution in [-0.2, 0) is 11.3 Å². The van der Waals surface area contributed by atoms with Gasteiger partial charge in [0.2, 0.25) is 5.91 Å². The van der Waals surface area contributed by atoms with E-state index in [1.165, 1.54) is 0 Å². The lowest BCUT2D eigenvalue weighted by Crippen LogP contribution is -2.49. The van der Waals surface area contributed by atoms with Gasteiger partial charge in [-0.05, 0) is 29.7 Å². The van der Waals surface area contributed by atoms with Crippen LogP contribution in [0, 0.1) is 5.92 Å². The minimum atomic E-state index is -0.604. The summed E-state index contributed by atoms with van der Waals surface area (Å²) in [5.41, 5.74) is 1.38. The van der Waals surface area contributed by atoms with Crippen LogP contribution in [0.2, 0.25) is 0 Å². The highest BCUT2D eigenvalue weighted by atomic mass is 16.2. The van der Waals surface area contributed by atoms with Gasteiger partial charge in [0.15, 0.2) is 0 Å². The number of hydrogen-bond acceptors (Lipinski definition) is 4. The molecule has 0 saturated carbocycles. The molecule has 0 unspecified atom stereocenters. The maximum absolute atomic E-state index is 12.4. The Morgan fingerprint density at radius 2 is 1.83 bits per heavy atom. The van der Waals surface area contributed by atoms with Crippen molar-refractivity contribution in [3.05, 3.63) is 60.2 Å². The molecule has 0 aliphatic carbocycles. The summed E-state index contributed by atoms with van der Waals surface area (Å²) in [6.45, 7) is 4.16. The third-order valence-corrected chi connectivity index (χ3v) is 3.37. The second kappa shape index (κ2) is 8.03. The van der Waals surface area contributed by atoms with E-state index >= 15 is 0 Å². The molecule has 0 bridgehead atoms. The van der Waals surface area contributed by atoms with Crippen LogP contribution in [-0.4, -0.2) is 27.8 Å². The molecule has 0 saturated heterocycles. The zero-order valence-corrected chi connectivity index (χ0v) is 13.2. The van der Waals surface area contributed by atoms with E-state index in [4.69, 9.17) is 0 Å². The monoisotopic (exact) mass is 312 g/mol. The van der Waals surface area contributed by atoms with Crippen LogP contribution in [0.25, 0.3) is 0 Å². The third kappa shape index (κ3) is 4.88. The van der Waals surface area contributed by atoms with E-state index in [0.717, 1.165) is 5.56 Å². The van der Waals surface area contributed by atoms with Crippen LogP contribution in [0.3, 0.4) is 0 Å². The quantitative estimate of drug-likeness (QED) is 0.847. The fourth-order valence-electron chi connectivity index (χ4n) is 2.06. The topological polar surface area (TPSA) is 84.0 Å². The standard InChI is InChI=1S/C17H20N4O2/c1-12(2)15(21-16(22)14-5-8-18-9-6-14)17(23)20-11-13-4-3-7-19-10-13/h3-10,12,15H,11H2,1-2H3,(H,20,23)(H,21,22)/t15-/m1/s1. The van der Waals surface area contributed by atoms with Gasteiger partial charge in [0.05, 0.1) is 0 Å². The number of nitrogens with zero attached hydrogens (tertiary/aromatic N) is 2. The molecule has 0 aliphatic heterocycles. The molecule has 6 nitrogen and oxygen atoms in total. The van der Waals surface area contributed by atoms with Crippen molar-refractivity contribution in [3.63, 3.8) is 0 Å².